The number of aliphatic carboxylic acids is 1. The van der Waals surface area contributed by atoms with Crippen molar-refractivity contribution in [3.63, 3.8) is 0 Å². The van der Waals surface area contributed by atoms with Crippen LogP contribution in [-0.4, -0.2) is 80.4 Å². The van der Waals surface area contributed by atoms with Crippen LogP contribution in [0.25, 0.3) is 0 Å². The van der Waals surface area contributed by atoms with Gasteiger partial charge in [0.25, 0.3) is 0 Å². The maximum absolute atomic E-state index is 10.6. The molecule has 1 unspecified atom stereocenters. The number of carboxylic acid groups (broad SMARTS) is 1. The van der Waals surface area contributed by atoms with Crippen molar-refractivity contribution in [2.75, 3.05) is 46.6 Å². The van der Waals surface area contributed by atoms with Gasteiger partial charge in [0, 0.05) is 52.7 Å². The van der Waals surface area contributed by atoms with E-state index in [0.717, 1.165) is 51.5 Å². The molecule has 3 aliphatic rings. The summed E-state index contributed by atoms with van der Waals surface area (Å²) in [6.07, 6.45) is 0.948. The Morgan fingerprint density at radius 2 is 1.85 bits per heavy atom. The summed E-state index contributed by atoms with van der Waals surface area (Å²) < 4.78 is 48.5. The van der Waals surface area contributed by atoms with Gasteiger partial charge in [-0.05, 0) is 38.0 Å². The molecule has 6 nitrogen and oxygen atoms in total. The average Bonchev–Trinajstić information content (AvgIpc) is 2.58. The Bertz CT molecular complexity index is 448. The van der Waals surface area contributed by atoms with Crippen molar-refractivity contribution in [2.45, 2.75) is 49.9 Å². The number of rotatable bonds is 4. The SMILES string of the molecule is COCCC1CCOC2(C1)CN(C1CCOCC1)C2.O=C(O)C(F)(F)F. The number of carboxylic acids is 1. The van der Waals surface area contributed by atoms with Crippen LogP contribution in [0.1, 0.15) is 32.1 Å². The second-order valence-electron chi connectivity index (χ2n) is 7.22. The van der Waals surface area contributed by atoms with Gasteiger partial charge in [-0.15, -0.1) is 0 Å². The highest BCUT2D eigenvalue weighted by molar-refractivity contribution is 5.73. The van der Waals surface area contributed by atoms with Gasteiger partial charge in [0.1, 0.15) is 0 Å². The van der Waals surface area contributed by atoms with Crippen molar-refractivity contribution in [3.05, 3.63) is 0 Å². The zero-order chi connectivity index (χ0) is 19.2. The van der Waals surface area contributed by atoms with Crippen LogP contribution >= 0.6 is 0 Å². The predicted octanol–water partition coefficient (Wildman–Crippen LogP) is 2.32. The Morgan fingerprint density at radius 3 is 2.38 bits per heavy atom. The van der Waals surface area contributed by atoms with Gasteiger partial charge in [-0.1, -0.05) is 0 Å². The van der Waals surface area contributed by atoms with Crippen LogP contribution in [0.5, 0.6) is 0 Å². The van der Waals surface area contributed by atoms with E-state index in [2.05, 4.69) is 4.90 Å². The van der Waals surface area contributed by atoms with E-state index >= 15 is 0 Å². The summed E-state index contributed by atoms with van der Waals surface area (Å²) in [5.74, 6) is -1.96. The first kappa shape index (κ1) is 21.4. The molecule has 0 aliphatic carbocycles. The van der Waals surface area contributed by atoms with Gasteiger partial charge in [0.05, 0.1) is 5.60 Å². The molecule has 0 bridgehead atoms. The fourth-order valence-corrected chi connectivity index (χ4v) is 3.88. The minimum absolute atomic E-state index is 0.176. The Kier molecular flexibility index (Phi) is 7.69. The van der Waals surface area contributed by atoms with Gasteiger partial charge in [0.2, 0.25) is 0 Å². The average molecular weight is 383 g/mol. The van der Waals surface area contributed by atoms with Crippen LogP contribution in [0.15, 0.2) is 0 Å². The Morgan fingerprint density at radius 1 is 1.23 bits per heavy atom. The molecule has 3 fully saturated rings. The van der Waals surface area contributed by atoms with Crippen LogP contribution < -0.4 is 0 Å². The van der Waals surface area contributed by atoms with E-state index in [9.17, 15) is 13.2 Å². The summed E-state index contributed by atoms with van der Waals surface area (Å²) in [4.78, 5) is 11.5. The Hall–Kier alpha value is -0.900. The number of ether oxygens (including phenoxy) is 3. The third-order valence-electron chi connectivity index (χ3n) is 5.26. The molecule has 0 aromatic carbocycles. The van der Waals surface area contributed by atoms with Crippen LogP contribution in [0, 0.1) is 5.92 Å². The van der Waals surface area contributed by atoms with Crippen molar-refractivity contribution < 1.29 is 37.3 Å². The van der Waals surface area contributed by atoms with E-state index in [1.807, 2.05) is 0 Å². The van der Waals surface area contributed by atoms with Crippen LogP contribution in [0.2, 0.25) is 0 Å². The lowest BCUT2D eigenvalue weighted by atomic mass is 9.78. The molecule has 0 amide bonds. The minimum atomic E-state index is -5.08. The predicted molar refractivity (Wildman–Crippen MR) is 87.0 cm³/mol. The Balaban J connectivity index is 0.000000298. The second-order valence-corrected chi connectivity index (χ2v) is 7.22. The molecule has 1 atom stereocenters. The van der Waals surface area contributed by atoms with E-state index in [-0.39, 0.29) is 5.60 Å². The number of hydrogen-bond acceptors (Lipinski definition) is 5. The molecule has 3 aliphatic heterocycles. The molecule has 3 rings (SSSR count). The van der Waals surface area contributed by atoms with Crippen molar-refractivity contribution in [2.24, 2.45) is 5.92 Å². The molecule has 3 saturated heterocycles. The van der Waals surface area contributed by atoms with Crippen LogP contribution in [0.3, 0.4) is 0 Å². The van der Waals surface area contributed by atoms with E-state index in [1.165, 1.54) is 32.1 Å². The summed E-state index contributed by atoms with van der Waals surface area (Å²) >= 11 is 0. The molecule has 1 spiro atoms. The van der Waals surface area contributed by atoms with Crippen molar-refractivity contribution in [3.8, 4) is 0 Å². The molecule has 0 aromatic heterocycles. The lowest BCUT2D eigenvalue weighted by molar-refractivity contribution is -0.195. The lowest BCUT2D eigenvalue weighted by Gasteiger charge is -2.56. The fraction of sp³-hybridized carbons (Fsp3) is 0.941. The highest BCUT2D eigenvalue weighted by Crippen LogP contribution is 2.40. The minimum Gasteiger partial charge on any atom is -0.475 e. The monoisotopic (exact) mass is 383 g/mol. The maximum Gasteiger partial charge on any atom is 0.490 e. The highest BCUT2D eigenvalue weighted by Gasteiger charge is 2.49. The molecule has 3 heterocycles. The molecule has 152 valence electrons. The van der Waals surface area contributed by atoms with Gasteiger partial charge in [-0.25, -0.2) is 4.79 Å². The van der Waals surface area contributed by atoms with Gasteiger partial charge in [-0.3, -0.25) is 4.90 Å². The topological polar surface area (TPSA) is 68.2 Å². The van der Waals surface area contributed by atoms with E-state index in [0.29, 0.717) is 0 Å². The van der Waals surface area contributed by atoms with Crippen molar-refractivity contribution in [1.29, 1.82) is 0 Å². The molecular formula is C17H28F3NO5. The molecule has 1 N–H and O–H groups in total. The summed E-state index contributed by atoms with van der Waals surface area (Å²) in [6.45, 7) is 5.99. The zero-order valence-corrected chi connectivity index (χ0v) is 15.1. The van der Waals surface area contributed by atoms with Crippen molar-refractivity contribution in [1.82, 2.24) is 4.90 Å². The number of nitrogens with zero attached hydrogens (tertiary/aromatic N) is 1. The molecule has 0 aromatic rings. The van der Waals surface area contributed by atoms with Gasteiger partial charge >= 0.3 is 12.1 Å². The summed E-state index contributed by atoms with van der Waals surface area (Å²) in [5, 5.41) is 7.12. The second kappa shape index (κ2) is 9.34. The molecule has 9 heteroatoms. The summed E-state index contributed by atoms with van der Waals surface area (Å²) in [7, 11) is 1.80. The zero-order valence-electron chi connectivity index (χ0n) is 15.1. The van der Waals surface area contributed by atoms with Crippen molar-refractivity contribution >= 4 is 5.97 Å². The number of hydrogen-bond donors (Lipinski definition) is 1. The van der Waals surface area contributed by atoms with Gasteiger partial charge < -0.3 is 19.3 Å². The first-order valence-electron chi connectivity index (χ1n) is 9.00. The maximum atomic E-state index is 10.6. The normalized spacial score (nSPS) is 26.7. The van der Waals surface area contributed by atoms with Gasteiger partial charge in [-0.2, -0.15) is 13.2 Å². The molecular weight excluding hydrogens is 355 g/mol. The third-order valence-corrected chi connectivity index (χ3v) is 5.26. The standard InChI is InChI=1S/C15H27NO3.C2HF3O2/c1-17-6-2-13-3-9-19-15(10-13)11-16(12-15)14-4-7-18-8-5-14;3-2(4,5)1(6)7/h13-14H,2-12H2,1H3;(H,6,7). The summed E-state index contributed by atoms with van der Waals surface area (Å²) in [6, 6.07) is 0.738. The smallest absolute Gasteiger partial charge is 0.475 e. The quantitative estimate of drug-likeness (QED) is 0.804. The largest absolute Gasteiger partial charge is 0.490 e. The van der Waals surface area contributed by atoms with Gasteiger partial charge in [0.15, 0.2) is 0 Å². The number of carbonyl (C=O) groups is 1. The Labute approximate surface area is 151 Å². The van der Waals surface area contributed by atoms with E-state index in [1.54, 1.807) is 7.11 Å². The molecule has 26 heavy (non-hydrogen) atoms. The number of likely N-dealkylation sites (tertiary alicyclic amines) is 1. The summed E-state index contributed by atoms with van der Waals surface area (Å²) in [5.41, 5.74) is 0.176. The highest BCUT2D eigenvalue weighted by atomic mass is 19.4. The third kappa shape index (κ3) is 6.07. The molecule has 0 radical (unpaired) electrons. The number of methoxy groups -OCH3 is 1. The number of halogens is 3. The lowest BCUT2D eigenvalue weighted by Crippen LogP contribution is -2.68. The van der Waals surface area contributed by atoms with Crippen LogP contribution in [0.4, 0.5) is 13.2 Å². The van der Waals surface area contributed by atoms with Crippen LogP contribution in [-0.2, 0) is 19.0 Å². The fourth-order valence-electron chi connectivity index (χ4n) is 3.88. The first-order chi connectivity index (χ1) is 12.3. The number of alkyl halides is 3. The first-order valence-corrected chi connectivity index (χ1v) is 9.00. The molecule has 0 saturated carbocycles. The van der Waals surface area contributed by atoms with E-state index < -0.39 is 12.1 Å². The van der Waals surface area contributed by atoms with E-state index in [4.69, 9.17) is 24.1 Å².